The third kappa shape index (κ3) is 1.12. The van der Waals surface area contributed by atoms with Gasteiger partial charge in [-0.1, -0.05) is 0 Å². The second-order valence-corrected chi connectivity index (χ2v) is 2.01. The van der Waals surface area contributed by atoms with Gasteiger partial charge in [-0.15, -0.1) is 0 Å². The first-order valence-corrected chi connectivity index (χ1v) is 2.77. The molecule has 1 rings (SSSR count). The molecular formula is C7H10O. The molecule has 1 heteroatoms. The van der Waals surface area contributed by atoms with E-state index in [2.05, 4.69) is 13.0 Å². The molecule has 0 amide bonds. The number of ether oxygens (including phenoxy) is 1. The van der Waals surface area contributed by atoms with Crippen molar-refractivity contribution < 1.29 is 4.74 Å². The fourth-order valence-electron chi connectivity index (χ4n) is 0.726. The quantitative estimate of drug-likeness (QED) is 0.462. The summed E-state index contributed by atoms with van der Waals surface area (Å²) in [5, 5.41) is 0. The smallest absolute Gasteiger partial charge is 0.106 e. The van der Waals surface area contributed by atoms with Crippen LogP contribution in [-0.2, 0) is 4.74 Å². The molecule has 44 valence electrons. The maximum atomic E-state index is 5.13. The topological polar surface area (TPSA) is 9.23 Å². The highest BCUT2D eigenvalue weighted by atomic mass is 16.5. The van der Waals surface area contributed by atoms with E-state index in [1.165, 1.54) is 5.57 Å². The average Bonchev–Trinajstić information content (AvgIpc) is 1.64. The Hall–Kier alpha value is -0.720. The standard InChI is InChI=1S/C7H10O/c1-6-3-4-8-7(2)5-6/h3,5H,4H2,1-2H3. The van der Waals surface area contributed by atoms with Crippen LogP contribution in [-0.4, -0.2) is 6.61 Å². The van der Waals surface area contributed by atoms with Gasteiger partial charge in [0.05, 0.1) is 5.76 Å². The first-order valence-electron chi connectivity index (χ1n) is 2.77. The lowest BCUT2D eigenvalue weighted by atomic mass is 10.2. The summed E-state index contributed by atoms with van der Waals surface area (Å²) in [5.41, 5.74) is 1.30. The molecule has 0 saturated carbocycles. The molecule has 1 heterocycles. The van der Waals surface area contributed by atoms with Crippen molar-refractivity contribution in [3.05, 3.63) is 23.5 Å². The van der Waals surface area contributed by atoms with Crippen molar-refractivity contribution in [1.29, 1.82) is 0 Å². The lowest BCUT2D eigenvalue weighted by molar-refractivity contribution is 0.244. The van der Waals surface area contributed by atoms with E-state index in [9.17, 15) is 0 Å². The van der Waals surface area contributed by atoms with Crippen molar-refractivity contribution in [2.24, 2.45) is 0 Å². The molecule has 8 heavy (non-hydrogen) atoms. The molecule has 0 radical (unpaired) electrons. The predicted octanol–water partition coefficient (Wildman–Crippen LogP) is 1.87. The normalized spacial score (nSPS) is 18.8. The molecule has 1 aliphatic rings. The van der Waals surface area contributed by atoms with Crippen LogP contribution < -0.4 is 0 Å². The molecule has 0 aromatic carbocycles. The van der Waals surface area contributed by atoms with Gasteiger partial charge in [0.15, 0.2) is 0 Å². The van der Waals surface area contributed by atoms with Gasteiger partial charge in [-0.25, -0.2) is 0 Å². The van der Waals surface area contributed by atoms with Crippen LogP contribution in [0.1, 0.15) is 13.8 Å². The third-order valence-corrected chi connectivity index (χ3v) is 1.15. The second kappa shape index (κ2) is 2.03. The molecule has 0 fully saturated rings. The minimum Gasteiger partial charge on any atom is -0.494 e. The maximum absolute atomic E-state index is 5.13. The predicted molar refractivity (Wildman–Crippen MR) is 33.5 cm³/mol. The Bertz CT molecular complexity index is 142. The molecule has 0 saturated heterocycles. The summed E-state index contributed by atoms with van der Waals surface area (Å²) >= 11 is 0. The van der Waals surface area contributed by atoms with E-state index in [0.717, 1.165) is 12.4 Å². The Labute approximate surface area is 49.7 Å². The first kappa shape index (κ1) is 5.42. The molecule has 1 aliphatic heterocycles. The summed E-state index contributed by atoms with van der Waals surface area (Å²) in [6.07, 6.45) is 4.09. The van der Waals surface area contributed by atoms with Gasteiger partial charge in [0.1, 0.15) is 6.61 Å². The van der Waals surface area contributed by atoms with Crippen molar-refractivity contribution in [1.82, 2.24) is 0 Å². The molecule has 0 bridgehead atoms. The van der Waals surface area contributed by atoms with Gasteiger partial charge in [-0.3, -0.25) is 0 Å². The molecule has 0 unspecified atom stereocenters. The second-order valence-electron chi connectivity index (χ2n) is 2.01. The zero-order chi connectivity index (χ0) is 5.98. The number of rotatable bonds is 0. The van der Waals surface area contributed by atoms with E-state index in [1.54, 1.807) is 0 Å². The van der Waals surface area contributed by atoms with Gasteiger partial charge in [0, 0.05) is 0 Å². The van der Waals surface area contributed by atoms with E-state index in [1.807, 2.05) is 13.0 Å². The zero-order valence-electron chi connectivity index (χ0n) is 5.27. The first-order chi connectivity index (χ1) is 3.79. The highest BCUT2D eigenvalue weighted by molar-refractivity contribution is 5.20. The van der Waals surface area contributed by atoms with Crippen LogP contribution in [0.4, 0.5) is 0 Å². The van der Waals surface area contributed by atoms with E-state index < -0.39 is 0 Å². The third-order valence-electron chi connectivity index (χ3n) is 1.15. The Morgan fingerprint density at radius 1 is 1.50 bits per heavy atom. The van der Waals surface area contributed by atoms with E-state index in [0.29, 0.717) is 0 Å². The fraction of sp³-hybridized carbons (Fsp3) is 0.429. The number of hydrogen-bond donors (Lipinski definition) is 0. The Balaban J connectivity index is 2.69. The molecule has 1 nitrogen and oxygen atoms in total. The molecule has 0 aliphatic carbocycles. The van der Waals surface area contributed by atoms with Crippen molar-refractivity contribution in [3.63, 3.8) is 0 Å². The monoisotopic (exact) mass is 110 g/mol. The van der Waals surface area contributed by atoms with Crippen LogP contribution in [0.3, 0.4) is 0 Å². The SMILES string of the molecule is CC1=CCOC(C)=C1. The summed E-state index contributed by atoms with van der Waals surface area (Å²) in [7, 11) is 0. The molecule has 0 N–H and O–H groups in total. The van der Waals surface area contributed by atoms with E-state index in [-0.39, 0.29) is 0 Å². The number of allylic oxidation sites excluding steroid dienone is 3. The molecule has 0 spiro atoms. The molecule has 0 atom stereocenters. The highest BCUT2D eigenvalue weighted by Gasteiger charge is 1.94. The van der Waals surface area contributed by atoms with Gasteiger partial charge < -0.3 is 4.74 Å². The summed E-state index contributed by atoms with van der Waals surface area (Å²) in [6.45, 7) is 4.79. The van der Waals surface area contributed by atoms with Crippen LogP contribution >= 0.6 is 0 Å². The summed E-state index contributed by atoms with van der Waals surface area (Å²) in [4.78, 5) is 0. The fourth-order valence-corrected chi connectivity index (χ4v) is 0.726. The van der Waals surface area contributed by atoms with Gasteiger partial charge in [-0.2, -0.15) is 0 Å². The lowest BCUT2D eigenvalue weighted by Crippen LogP contribution is -1.94. The van der Waals surface area contributed by atoms with Gasteiger partial charge in [0.2, 0.25) is 0 Å². The summed E-state index contributed by atoms with van der Waals surface area (Å²) in [5.74, 6) is 1.02. The van der Waals surface area contributed by atoms with Crippen LogP contribution in [0.25, 0.3) is 0 Å². The van der Waals surface area contributed by atoms with E-state index >= 15 is 0 Å². The van der Waals surface area contributed by atoms with Gasteiger partial charge in [-0.05, 0) is 31.6 Å². The largest absolute Gasteiger partial charge is 0.494 e. The zero-order valence-corrected chi connectivity index (χ0v) is 5.27. The van der Waals surface area contributed by atoms with Crippen molar-refractivity contribution in [2.75, 3.05) is 6.61 Å². The molecular weight excluding hydrogens is 100 g/mol. The Morgan fingerprint density at radius 3 is 2.62 bits per heavy atom. The van der Waals surface area contributed by atoms with Crippen LogP contribution in [0.2, 0.25) is 0 Å². The maximum Gasteiger partial charge on any atom is 0.106 e. The van der Waals surface area contributed by atoms with Crippen molar-refractivity contribution >= 4 is 0 Å². The lowest BCUT2D eigenvalue weighted by Gasteiger charge is -2.08. The van der Waals surface area contributed by atoms with Crippen LogP contribution in [0.5, 0.6) is 0 Å². The van der Waals surface area contributed by atoms with Gasteiger partial charge >= 0.3 is 0 Å². The Kier molecular flexibility index (Phi) is 1.38. The van der Waals surface area contributed by atoms with Crippen molar-refractivity contribution in [2.45, 2.75) is 13.8 Å². The average molecular weight is 110 g/mol. The van der Waals surface area contributed by atoms with Crippen LogP contribution in [0, 0.1) is 0 Å². The summed E-state index contributed by atoms with van der Waals surface area (Å²) in [6, 6.07) is 0. The Morgan fingerprint density at radius 2 is 2.25 bits per heavy atom. The molecule has 0 aromatic rings. The van der Waals surface area contributed by atoms with Gasteiger partial charge in [0.25, 0.3) is 0 Å². The van der Waals surface area contributed by atoms with E-state index in [4.69, 9.17) is 4.74 Å². The number of hydrogen-bond acceptors (Lipinski definition) is 1. The van der Waals surface area contributed by atoms with Crippen LogP contribution in [0.15, 0.2) is 23.5 Å². The summed E-state index contributed by atoms with van der Waals surface area (Å²) < 4.78 is 5.13. The van der Waals surface area contributed by atoms with Crippen molar-refractivity contribution in [3.8, 4) is 0 Å². The molecule has 0 aromatic heterocycles. The minimum atomic E-state index is 0.744. The minimum absolute atomic E-state index is 0.744. The highest BCUT2D eigenvalue weighted by Crippen LogP contribution is 2.08.